The van der Waals surface area contributed by atoms with E-state index >= 15 is 0 Å². The van der Waals surface area contributed by atoms with Gasteiger partial charge < -0.3 is 25.0 Å². The minimum Gasteiger partial charge on any atom is -0.490 e. The minimum atomic E-state index is -1.17. The first-order chi connectivity index (χ1) is 17.7. The lowest BCUT2D eigenvalue weighted by Gasteiger charge is -2.35. The molecule has 12 heteroatoms. The molecule has 1 unspecified atom stereocenters. The number of carbonyl (C=O) groups is 4. The second-order valence-electron chi connectivity index (χ2n) is 7.98. The fraction of sp³-hybridized carbons (Fsp3) is 0.280. The summed E-state index contributed by atoms with van der Waals surface area (Å²) in [5.41, 5.74) is -0.1000. The Morgan fingerprint density at radius 3 is 2.62 bits per heavy atom. The number of hydrogen-bond donors (Lipinski definition) is 2. The molecule has 0 radical (unpaired) electrons. The van der Waals surface area contributed by atoms with Gasteiger partial charge in [-0.25, -0.2) is 0 Å². The number of non-ortho nitro benzene ring substituents is 1. The van der Waals surface area contributed by atoms with Gasteiger partial charge >= 0.3 is 5.97 Å². The van der Waals surface area contributed by atoms with E-state index in [9.17, 15) is 29.3 Å². The molecule has 1 aliphatic rings. The van der Waals surface area contributed by atoms with E-state index in [1.54, 1.807) is 24.3 Å². The van der Waals surface area contributed by atoms with Crippen molar-refractivity contribution in [2.75, 3.05) is 26.3 Å². The van der Waals surface area contributed by atoms with Crippen LogP contribution in [0.4, 0.5) is 5.69 Å². The Balaban J connectivity index is 1.70. The Kier molecular flexibility index (Phi) is 9.30. The van der Waals surface area contributed by atoms with Crippen LogP contribution < -0.4 is 15.4 Å². The summed E-state index contributed by atoms with van der Waals surface area (Å²) in [6.07, 6.45) is 0.868. The molecule has 1 atom stereocenters. The van der Waals surface area contributed by atoms with Gasteiger partial charge in [0, 0.05) is 32.1 Å². The highest BCUT2D eigenvalue weighted by Crippen LogP contribution is 2.18. The molecule has 3 rings (SSSR count). The Morgan fingerprint density at radius 1 is 1.16 bits per heavy atom. The van der Waals surface area contributed by atoms with Crippen molar-refractivity contribution in [3.8, 4) is 5.75 Å². The molecule has 0 bridgehead atoms. The number of rotatable bonds is 10. The molecule has 0 saturated carbocycles. The zero-order valence-corrected chi connectivity index (χ0v) is 20.0. The number of esters is 1. The van der Waals surface area contributed by atoms with E-state index in [1.807, 2.05) is 6.07 Å². The van der Waals surface area contributed by atoms with E-state index in [4.69, 9.17) is 9.47 Å². The van der Waals surface area contributed by atoms with Crippen LogP contribution in [-0.4, -0.2) is 65.9 Å². The van der Waals surface area contributed by atoms with Crippen LogP contribution in [0.5, 0.6) is 5.75 Å². The summed E-state index contributed by atoms with van der Waals surface area (Å²) >= 11 is 0. The molecule has 1 heterocycles. The van der Waals surface area contributed by atoms with E-state index in [0.29, 0.717) is 11.3 Å². The topological polar surface area (TPSA) is 157 Å². The summed E-state index contributed by atoms with van der Waals surface area (Å²) in [7, 11) is 0. The number of ether oxygens (including phenoxy) is 2. The van der Waals surface area contributed by atoms with Crippen LogP contribution in [0.3, 0.4) is 0 Å². The van der Waals surface area contributed by atoms with Crippen LogP contribution in [0.2, 0.25) is 0 Å². The Hall–Kier alpha value is -4.74. The van der Waals surface area contributed by atoms with Crippen molar-refractivity contribution in [1.29, 1.82) is 0 Å². The fourth-order valence-electron chi connectivity index (χ4n) is 3.60. The van der Waals surface area contributed by atoms with Crippen LogP contribution in [0.25, 0.3) is 6.08 Å². The number of nitro groups is 1. The largest absolute Gasteiger partial charge is 0.490 e. The standard InChI is InChI=1S/C25H26N4O8/c1-17(30)27-21(15-18-6-5-7-19(14-18)29(34)35)25(33)28-11-10-26-24(32)22(28)16-23(31)37-13-12-36-20-8-3-2-4-9-20/h2-9,14-15,22H,10-13,16H2,1H3,(H,26,32)(H,27,30)/b21-15-. The monoisotopic (exact) mass is 510 g/mol. The summed E-state index contributed by atoms with van der Waals surface area (Å²) in [4.78, 5) is 61.8. The lowest BCUT2D eigenvalue weighted by atomic mass is 10.1. The maximum Gasteiger partial charge on any atom is 0.308 e. The predicted molar refractivity (Wildman–Crippen MR) is 131 cm³/mol. The van der Waals surface area contributed by atoms with Gasteiger partial charge in [0.1, 0.15) is 30.7 Å². The zero-order chi connectivity index (χ0) is 26.8. The second kappa shape index (κ2) is 12.8. The molecule has 12 nitrogen and oxygen atoms in total. The van der Waals surface area contributed by atoms with Crippen LogP contribution in [0.15, 0.2) is 60.3 Å². The zero-order valence-electron chi connectivity index (χ0n) is 20.0. The molecule has 194 valence electrons. The molecule has 3 amide bonds. The molecule has 2 aromatic rings. The van der Waals surface area contributed by atoms with Gasteiger partial charge in [0.25, 0.3) is 11.6 Å². The Morgan fingerprint density at radius 2 is 1.92 bits per heavy atom. The SMILES string of the molecule is CC(=O)N/C(=C\c1cccc([N+](=O)[O-])c1)C(=O)N1CCNC(=O)C1CC(=O)OCCOc1ccccc1. The summed E-state index contributed by atoms with van der Waals surface area (Å²) in [6, 6.07) is 13.3. The average Bonchev–Trinajstić information content (AvgIpc) is 2.87. The number of carbonyl (C=O) groups excluding carboxylic acids is 4. The smallest absolute Gasteiger partial charge is 0.308 e. The number of nitrogens with zero attached hydrogens (tertiary/aromatic N) is 2. The molecule has 1 fully saturated rings. The highest BCUT2D eigenvalue weighted by molar-refractivity contribution is 6.03. The maximum atomic E-state index is 13.4. The lowest BCUT2D eigenvalue weighted by Crippen LogP contribution is -2.58. The highest BCUT2D eigenvalue weighted by atomic mass is 16.6. The van der Waals surface area contributed by atoms with E-state index in [-0.39, 0.29) is 37.7 Å². The van der Waals surface area contributed by atoms with E-state index in [0.717, 1.165) is 0 Å². The van der Waals surface area contributed by atoms with Gasteiger partial charge in [0.2, 0.25) is 11.8 Å². The average molecular weight is 511 g/mol. The van der Waals surface area contributed by atoms with Crippen LogP contribution in [0, 0.1) is 10.1 Å². The summed E-state index contributed by atoms with van der Waals surface area (Å²) in [5.74, 6) is -1.92. The van der Waals surface area contributed by atoms with Crippen LogP contribution in [0.1, 0.15) is 18.9 Å². The molecular weight excluding hydrogens is 484 g/mol. The number of para-hydroxylation sites is 1. The molecule has 2 aromatic carbocycles. The molecule has 37 heavy (non-hydrogen) atoms. The van der Waals surface area contributed by atoms with Gasteiger partial charge in [-0.05, 0) is 23.8 Å². The normalized spacial score (nSPS) is 15.4. The number of amides is 3. The first-order valence-corrected chi connectivity index (χ1v) is 11.4. The van der Waals surface area contributed by atoms with E-state index in [1.165, 1.54) is 42.2 Å². The third-order valence-corrected chi connectivity index (χ3v) is 5.24. The summed E-state index contributed by atoms with van der Waals surface area (Å²) in [5, 5.41) is 16.1. The van der Waals surface area contributed by atoms with Gasteiger partial charge in [0.15, 0.2) is 0 Å². The third kappa shape index (κ3) is 7.88. The summed E-state index contributed by atoms with van der Waals surface area (Å²) in [6.45, 7) is 1.47. The number of hydrogen-bond acceptors (Lipinski definition) is 8. The molecule has 1 aliphatic heterocycles. The number of nitro benzene ring substituents is 1. The summed E-state index contributed by atoms with van der Waals surface area (Å²) < 4.78 is 10.6. The van der Waals surface area contributed by atoms with Crippen LogP contribution in [-0.2, 0) is 23.9 Å². The highest BCUT2D eigenvalue weighted by Gasteiger charge is 2.36. The first kappa shape index (κ1) is 26.9. The van der Waals surface area contributed by atoms with Crippen LogP contribution >= 0.6 is 0 Å². The third-order valence-electron chi connectivity index (χ3n) is 5.24. The van der Waals surface area contributed by atoms with Crippen molar-refractivity contribution >= 4 is 35.5 Å². The Bertz CT molecular complexity index is 1200. The Labute approximate surface area is 212 Å². The number of nitrogens with one attached hydrogen (secondary N) is 2. The molecule has 1 saturated heterocycles. The lowest BCUT2D eigenvalue weighted by molar-refractivity contribution is -0.384. The molecule has 0 spiro atoms. The predicted octanol–water partition coefficient (Wildman–Crippen LogP) is 1.41. The van der Waals surface area contributed by atoms with Crippen molar-refractivity contribution in [3.05, 3.63) is 76.0 Å². The molecule has 2 N–H and O–H groups in total. The van der Waals surface area contributed by atoms with Gasteiger partial charge in [-0.1, -0.05) is 30.3 Å². The van der Waals surface area contributed by atoms with Gasteiger partial charge in [-0.15, -0.1) is 0 Å². The second-order valence-corrected chi connectivity index (χ2v) is 7.98. The van der Waals surface area contributed by atoms with Gasteiger partial charge in [-0.2, -0.15) is 0 Å². The molecule has 0 aliphatic carbocycles. The van der Waals surface area contributed by atoms with Gasteiger partial charge in [0.05, 0.1) is 11.3 Å². The fourth-order valence-corrected chi connectivity index (χ4v) is 3.60. The molecular formula is C25H26N4O8. The van der Waals surface area contributed by atoms with E-state index < -0.39 is 41.1 Å². The van der Waals surface area contributed by atoms with Crippen molar-refractivity contribution in [1.82, 2.24) is 15.5 Å². The molecule has 0 aromatic heterocycles. The van der Waals surface area contributed by atoms with Crippen molar-refractivity contribution in [2.45, 2.75) is 19.4 Å². The van der Waals surface area contributed by atoms with Crippen molar-refractivity contribution in [3.63, 3.8) is 0 Å². The van der Waals surface area contributed by atoms with Gasteiger partial charge in [-0.3, -0.25) is 29.3 Å². The first-order valence-electron chi connectivity index (χ1n) is 11.4. The quantitative estimate of drug-likeness (QED) is 0.160. The number of piperazine rings is 1. The van der Waals surface area contributed by atoms with Crippen molar-refractivity contribution in [2.24, 2.45) is 0 Å². The van der Waals surface area contributed by atoms with Crippen molar-refractivity contribution < 1.29 is 33.6 Å². The van der Waals surface area contributed by atoms with E-state index in [2.05, 4.69) is 10.6 Å². The number of benzene rings is 2. The maximum absolute atomic E-state index is 13.4. The minimum absolute atomic E-state index is 0.0557.